The first-order valence-corrected chi connectivity index (χ1v) is 4.23. The van der Waals surface area contributed by atoms with E-state index in [1.807, 2.05) is 0 Å². The van der Waals surface area contributed by atoms with Crippen LogP contribution in [-0.4, -0.2) is 20.9 Å². The average Bonchev–Trinajstić information content (AvgIpc) is 2.75. The molecule has 1 heterocycles. The predicted molar refractivity (Wildman–Crippen MR) is 46.3 cm³/mol. The highest BCUT2D eigenvalue weighted by molar-refractivity contribution is 5.92. The highest BCUT2D eigenvalue weighted by Crippen LogP contribution is 2.30. The van der Waals surface area contributed by atoms with Crippen molar-refractivity contribution in [3.05, 3.63) is 11.8 Å². The third kappa shape index (κ3) is 1.63. The van der Waals surface area contributed by atoms with Gasteiger partial charge in [0.05, 0.1) is 0 Å². The fourth-order valence-electron chi connectivity index (χ4n) is 1.26. The molecule has 3 N–H and O–H groups in total. The van der Waals surface area contributed by atoms with Gasteiger partial charge in [-0.05, 0) is 18.8 Å². The molecule has 1 aromatic rings. The smallest absolute Gasteiger partial charge is 0.341 e. The van der Waals surface area contributed by atoms with Crippen LogP contribution in [0.1, 0.15) is 23.2 Å². The molecule has 13 heavy (non-hydrogen) atoms. The second kappa shape index (κ2) is 2.76. The maximum atomic E-state index is 10.6. The molecule has 0 saturated heterocycles. The Labute approximate surface area is 75.2 Å². The first-order valence-electron chi connectivity index (χ1n) is 4.23. The van der Waals surface area contributed by atoms with Crippen LogP contribution in [0.25, 0.3) is 0 Å². The summed E-state index contributed by atoms with van der Waals surface area (Å²) in [6.07, 6.45) is 3.92. The van der Waals surface area contributed by atoms with Gasteiger partial charge in [-0.25, -0.2) is 4.79 Å². The predicted octanol–water partition coefficient (Wildman–Crippen LogP) is 0.573. The number of nitrogens with zero attached hydrogens (tertiary/aromatic N) is 2. The topological polar surface area (TPSA) is 81.1 Å². The van der Waals surface area contributed by atoms with Crippen molar-refractivity contribution in [2.24, 2.45) is 5.92 Å². The molecule has 1 saturated carbocycles. The maximum absolute atomic E-state index is 10.6. The highest BCUT2D eigenvalue weighted by Gasteiger charge is 2.23. The number of hydrogen-bond donors (Lipinski definition) is 2. The normalized spacial score (nSPS) is 16.0. The van der Waals surface area contributed by atoms with Crippen molar-refractivity contribution in [1.82, 2.24) is 9.78 Å². The molecule has 1 fully saturated rings. The second-order valence-electron chi connectivity index (χ2n) is 3.40. The van der Waals surface area contributed by atoms with E-state index in [4.69, 9.17) is 10.8 Å². The van der Waals surface area contributed by atoms with Crippen molar-refractivity contribution in [2.75, 3.05) is 5.73 Å². The Morgan fingerprint density at radius 3 is 2.92 bits per heavy atom. The first-order chi connectivity index (χ1) is 6.16. The fraction of sp³-hybridized carbons (Fsp3) is 0.500. The molecule has 5 heteroatoms. The van der Waals surface area contributed by atoms with Crippen LogP contribution in [-0.2, 0) is 6.54 Å². The number of aromatic nitrogens is 2. The molecule has 0 aromatic carbocycles. The highest BCUT2D eigenvalue weighted by atomic mass is 16.4. The van der Waals surface area contributed by atoms with Gasteiger partial charge < -0.3 is 10.8 Å². The molecule has 70 valence electrons. The lowest BCUT2D eigenvalue weighted by Gasteiger charge is -1.95. The van der Waals surface area contributed by atoms with E-state index in [1.54, 1.807) is 4.68 Å². The number of carboxylic acids is 1. The fourth-order valence-corrected chi connectivity index (χ4v) is 1.26. The Balaban J connectivity index is 2.18. The average molecular weight is 181 g/mol. The van der Waals surface area contributed by atoms with Crippen LogP contribution in [0, 0.1) is 5.92 Å². The van der Waals surface area contributed by atoms with Gasteiger partial charge in [-0.2, -0.15) is 5.10 Å². The summed E-state index contributed by atoms with van der Waals surface area (Å²) in [7, 11) is 0. The molecule has 5 nitrogen and oxygen atoms in total. The summed E-state index contributed by atoms with van der Waals surface area (Å²) in [5, 5.41) is 12.6. The summed E-state index contributed by atoms with van der Waals surface area (Å²) in [5.74, 6) is -0.242. The van der Waals surface area contributed by atoms with Crippen molar-refractivity contribution in [2.45, 2.75) is 19.4 Å². The standard InChI is InChI=1S/C8H11N3O2/c9-7-6(8(12)13)4-11(10-7)3-5-1-2-5/h4-5H,1-3H2,(H2,9,10)(H,12,13). The van der Waals surface area contributed by atoms with Gasteiger partial charge in [0.15, 0.2) is 5.82 Å². The lowest BCUT2D eigenvalue weighted by molar-refractivity contribution is 0.0698. The van der Waals surface area contributed by atoms with Gasteiger partial charge in [0.2, 0.25) is 0 Å². The molecule has 2 rings (SSSR count). The van der Waals surface area contributed by atoms with E-state index in [0.29, 0.717) is 5.92 Å². The number of anilines is 1. The summed E-state index contributed by atoms with van der Waals surface area (Å²) < 4.78 is 1.62. The molecule has 0 spiro atoms. The van der Waals surface area contributed by atoms with Crippen LogP contribution >= 0.6 is 0 Å². The molecule has 0 aliphatic heterocycles. The van der Waals surface area contributed by atoms with E-state index in [9.17, 15) is 4.79 Å². The van der Waals surface area contributed by atoms with Gasteiger partial charge in [0.25, 0.3) is 0 Å². The van der Waals surface area contributed by atoms with Crippen molar-refractivity contribution >= 4 is 11.8 Å². The van der Waals surface area contributed by atoms with Crippen LogP contribution in [0.4, 0.5) is 5.82 Å². The zero-order chi connectivity index (χ0) is 9.42. The number of nitrogen functional groups attached to an aromatic ring is 1. The van der Waals surface area contributed by atoms with E-state index < -0.39 is 5.97 Å². The Hall–Kier alpha value is -1.52. The van der Waals surface area contributed by atoms with E-state index in [2.05, 4.69) is 5.10 Å². The summed E-state index contributed by atoms with van der Waals surface area (Å²) in [4.78, 5) is 10.6. The van der Waals surface area contributed by atoms with E-state index in [0.717, 1.165) is 6.54 Å². The van der Waals surface area contributed by atoms with Crippen LogP contribution < -0.4 is 5.73 Å². The number of carboxylic acid groups (broad SMARTS) is 1. The van der Waals surface area contributed by atoms with Gasteiger partial charge >= 0.3 is 5.97 Å². The molecule has 1 aliphatic carbocycles. The molecule has 0 unspecified atom stereocenters. The number of carbonyl (C=O) groups is 1. The summed E-state index contributed by atoms with van der Waals surface area (Å²) in [6, 6.07) is 0. The van der Waals surface area contributed by atoms with E-state index in [1.165, 1.54) is 19.0 Å². The summed E-state index contributed by atoms with van der Waals surface area (Å²) in [5.41, 5.74) is 5.52. The molecule has 0 bridgehead atoms. The number of hydrogen-bond acceptors (Lipinski definition) is 3. The molecule has 0 atom stereocenters. The second-order valence-corrected chi connectivity index (χ2v) is 3.40. The molecule has 0 amide bonds. The monoisotopic (exact) mass is 181 g/mol. The minimum absolute atomic E-state index is 0.0978. The van der Waals surface area contributed by atoms with E-state index >= 15 is 0 Å². The number of rotatable bonds is 3. The third-order valence-electron chi connectivity index (χ3n) is 2.16. The minimum Gasteiger partial charge on any atom is -0.477 e. The van der Waals surface area contributed by atoms with Crippen molar-refractivity contribution in [3.63, 3.8) is 0 Å². The quantitative estimate of drug-likeness (QED) is 0.714. The summed E-state index contributed by atoms with van der Waals surface area (Å²) >= 11 is 0. The Morgan fingerprint density at radius 1 is 1.77 bits per heavy atom. The van der Waals surface area contributed by atoms with Crippen LogP contribution in [0.5, 0.6) is 0 Å². The van der Waals surface area contributed by atoms with Crippen molar-refractivity contribution in [3.8, 4) is 0 Å². The van der Waals surface area contributed by atoms with Gasteiger partial charge in [0.1, 0.15) is 5.56 Å². The van der Waals surface area contributed by atoms with E-state index in [-0.39, 0.29) is 11.4 Å². The molecule has 1 aromatic heterocycles. The summed E-state index contributed by atoms with van der Waals surface area (Å²) in [6.45, 7) is 0.789. The number of nitrogens with two attached hydrogens (primary N) is 1. The lowest BCUT2D eigenvalue weighted by atomic mass is 10.3. The minimum atomic E-state index is -1.01. The van der Waals surface area contributed by atoms with Gasteiger partial charge in [-0.1, -0.05) is 0 Å². The van der Waals surface area contributed by atoms with Crippen LogP contribution in [0.15, 0.2) is 6.20 Å². The van der Waals surface area contributed by atoms with Gasteiger partial charge in [-0.3, -0.25) is 4.68 Å². The molecular weight excluding hydrogens is 170 g/mol. The Kier molecular flexibility index (Phi) is 1.72. The largest absolute Gasteiger partial charge is 0.477 e. The third-order valence-corrected chi connectivity index (χ3v) is 2.16. The molecular formula is C8H11N3O2. The zero-order valence-electron chi connectivity index (χ0n) is 7.10. The van der Waals surface area contributed by atoms with Crippen LogP contribution in [0.2, 0.25) is 0 Å². The lowest BCUT2D eigenvalue weighted by Crippen LogP contribution is -2.00. The molecule has 0 radical (unpaired) electrons. The van der Waals surface area contributed by atoms with Crippen molar-refractivity contribution in [1.29, 1.82) is 0 Å². The van der Waals surface area contributed by atoms with Crippen molar-refractivity contribution < 1.29 is 9.90 Å². The maximum Gasteiger partial charge on any atom is 0.341 e. The number of aromatic carboxylic acids is 1. The SMILES string of the molecule is Nc1nn(CC2CC2)cc1C(=O)O. The van der Waals surface area contributed by atoms with Crippen LogP contribution in [0.3, 0.4) is 0 Å². The van der Waals surface area contributed by atoms with Gasteiger partial charge in [-0.15, -0.1) is 0 Å². The first kappa shape index (κ1) is 8.10. The molecule has 1 aliphatic rings. The van der Waals surface area contributed by atoms with Gasteiger partial charge in [0, 0.05) is 12.7 Å². The Morgan fingerprint density at radius 2 is 2.46 bits per heavy atom. The Bertz CT molecular complexity index is 341. The zero-order valence-corrected chi connectivity index (χ0v) is 7.10.